The third-order valence-corrected chi connectivity index (χ3v) is 6.50. The zero-order chi connectivity index (χ0) is 25.6. The summed E-state index contributed by atoms with van der Waals surface area (Å²) in [6.45, 7) is 3.29. The summed E-state index contributed by atoms with van der Waals surface area (Å²) in [4.78, 5) is 30.4. The number of aryl methyl sites for hydroxylation is 1. The molecule has 2 heterocycles. The summed E-state index contributed by atoms with van der Waals surface area (Å²) in [5.41, 5.74) is 4.79. The zero-order valence-electron chi connectivity index (χ0n) is 20.7. The lowest BCUT2D eigenvalue weighted by Gasteiger charge is -2.18. The monoisotopic (exact) mass is 491 g/mol. The van der Waals surface area contributed by atoms with Gasteiger partial charge in [0.2, 0.25) is 5.91 Å². The van der Waals surface area contributed by atoms with Crippen molar-refractivity contribution in [2.45, 2.75) is 32.4 Å². The van der Waals surface area contributed by atoms with Gasteiger partial charge < -0.3 is 5.32 Å². The lowest BCUT2D eigenvalue weighted by atomic mass is 9.88. The van der Waals surface area contributed by atoms with Crippen molar-refractivity contribution in [2.24, 2.45) is 0 Å². The topological polar surface area (TPSA) is 81.8 Å². The second-order valence-corrected chi connectivity index (χ2v) is 9.20. The molecule has 5 rings (SSSR count). The van der Waals surface area contributed by atoms with E-state index in [0.29, 0.717) is 37.1 Å². The molecular weight excluding hydrogens is 462 g/mol. The molecule has 2 aromatic heterocycles. The number of nitrogens with zero attached hydrogens (tertiary/aromatic N) is 4. The molecule has 0 unspecified atom stereocenters. The maximum Gasteiger partial charge on any atom is 0.264 e. The quantitative estimate of drug-likeness (QED) is 0.334. The molecule has 1 N–H and O–H groups in total. The smallest absolute Gasteiger partial charge is 0.264 e. The SMILES string of the molecule is Cc1cccc(Cn2cnc3c(cnn3CCNC(=O)CC(c3ccccc3)c3ccccc3)c2=O)c1. The molecule has 186 valence electrons. The Morgan fingerprint density at radius 1 is 0.946 bits per heavy atom. The summed E-state index contributed by atoms with van der Waals surface area (Å²) < 4.78 is 3.26. The summed E-state index contributed by atoms with van der Waals surface area (Å²) in [5.74, 6) is -0.0656. The van der Waals surface area contributed by atoms with Gasteiger partial charge in [0, 0.05) is 18.9 Å². The Labute approximate surface area is 215 Å². The van der Waals surface area contributed by atoms with Gasteiger partial charge in [-0.05, 0) is 23.6 Å². The van der Waals surface area contributed by atoms with Crippen molar-refractivity contribution < 1.29 is 4.79 Å². The van der Waals surface area contributed by atoms with Crippen LogP contribution >= 0.6 is 0 Å². The van der Waals surface area contributed by atoms with Gasteiger partial charge in [0.1, 0.15) is 11.7 Å². The molecule has 1 amide bonds. The first-order valence-electron chi connectivity index (χ1n) is 12.4. The number of nitrogens with one attached hydrogen (secondary N) is 1. The number of amides is 1. The molecule has 0 saturated heterocycles. The van der Waals surface area contributed by atoms with E-state index >= 15 is 0 Å². The fraction of sp³-hybridized carbons (Fsp3) is 0.200. The van der Waals surface area contributed by atoms with Crippen molar-refractivity contribution in [3.05, 3.63) is 130 Å². The molecule has 0 aliphatic heterocycles. The Hall–Kier alpha value is -4.52. The Balaban J connectivity index is 1.24. The summed E-state index contributed by atoms with van der Waals surface area (Å²) >= 11 is 0. The van der Waals surface area contributed by atoms with Gasteiger partial charge in [0.05, 0.1) is 19.3 Å². The Kier molecular flexibility index (Phi) is 7.21. The third kappa shape index (κ3) is 5.67. The third-order valence-electron chi connectivity index (χ3n) is 6.50. The van der Waals surface area contributed by atoms with E-state index in [2.05, 4.69) is 45.7 Å². The summed E-state index contributed by atoms with van der Waals surface area (Å²) in [6.07, 6.45) is 3.46. The Morgan fingerprint density at radius 2 is 1.65 bits per heavy atom. The lowest BCUT2D eigenvalue weighted by Crippen LogP contribution is -2.29. The van der Waals surface area contributed by atoms with Crippen LogP contribution in [0.2, 0.25) is 0 Å². The molecule has 37 heavy (non-hydrogen) atoms. The van der Waals surface area contributed by atoms with Crippen molar-refractivity contribution in [3.63, 3.8) is 0 Å². The van der Waals surface area contributed by atoms with E-state index < -0.39 is 0 Å². The van der Waals surface area contributed by atoms with Crippen molar-refractivity contribution >= 4 is 16.9 Å². The molecule has 5 aromatic rings. The van der Waals surface area contributed by atoms with E-state index in [0.717, 1.165) is 22.3 Å². The van der Waals surface area contributed by atoms with Crippen molar-refractivity contribution in [1.82, 2.24) is 24.6 Å². The summed E-state index contributed by atoms with van der Waals surface area (Å²) in [7, 11) is 0. The first-order valence-corrected chi connectivity index (χ1v) is 12.4. The Morgan fingerprint density at radius 3 is 2.32 bits per heavy atom. The predicted octanol–water partition coefficient (Wildman–Crippen LogP) is 4.29. The normalized spacial score (nSPS) is 11.2. The highest BCUT2D eigenvalue weighted by molar-refractivity contribution is 5.77. The second-order valence-electron chi connectivity index (χ2n) is 9.20. The van der Waals surface area contributed by atoms with E-state index in [4.69, 9.17) is 0 Å². The minimum Gasteiger partial charge on any atom is -0.354 e. The van der Waals surface area contributed by atoms with Crippen LogP contribution in [0.3, 0.4) is 0 Å². The minimum absolute atomic E-state index is 0.0264. The Bertz CT molecular complexity index is 1520. The fourth-order valence-electron chi connectivity index (χ4n) is 4.64. The van der Waals surface area contributed by atoms with Crippen LogP contribution in [0.5, 0.6) is 0 Å². The molecule has 0 aliphatic rings. The van der Waals surface area contributed by atoms with Crippen LogP contribution in [0.4, 0.5) is 0 Å². The van der Waals surface area contributed by atoms with Crippen LogP contribution in [-0.4, -0.2) is 31.8 Å². The number of aromatic nitrogens is 4. The van der Waals surface area contributed by atoms with E-state index in [1.807, 2.05) is 61.5 Å². The number of fused-ring (bicyclic) bond motifs is 1. The van der Waals surface area contributed by atoms with Crippen LogP contribution < -0.4 is 10.9 Å². The van der Waals surface area contributed by atoms with Gasteiger partial charge in [-0.15, -0.1) is 0 Å². The molecule has 0 bridgehead atoms. The molecule has 0 radical (unpaired) electrons. The lowest BCUT2D eigenvalue weighted by molar-refractivity contribution is -0.121. The molecule has 7 nitrogen and oxygen atoms in total. The van der Waals surface area contributed by atoms with Crippen LogP contribution in [0.1, 0.15) is 34.6 Å². The van der Waals surface area contributed by atoms with E-state index in [1.54, 1.807) is 21.8 Å². The van der Waals surface area contributed by atoms with Gasteiger partial charge in [-0.25, -0.2) is 9.67 Å². The van der Waals surface area contributed by atoms with Crippen LogP contribution in [0, 0.1) is 6.92 Å². The number of carbonyl (C=O) groups excluding carboxylic acids is 1. The molecule has 0 aliphatic carbocycles. The number of benzene rings is 3. The highest BCUT2D eigenvalue weighted by atomic mass is 16.1. The summed E-state index contributed by atoms with van der Waals surface area (Å²) in [6, 6.07) is 28.2. The van der Waals surface area contributed by atoms with Crippen LogP contribution in [0.25, 0.3) is 11.0 Å². The van der Waals surface area contributed by atoms with Crippen LogP contribution in [0.15, 0.2) is 102 Å². The molecule has 0 fully saturated rings. The van der Waals surface area contributed by atoms with Gasteiger partial charge in [0.25, 0.3) is 5.56 Å². The first kappa shape index (κ1) is 24.2. The van der Waals surface area contributed by atoms with Gasteiger partial charge >= 0.3 is 0 Å². The fourth-order valence-corrected chi connectivity index (χ4v) is 4.64. The standard InChI is InChI=1S/C30H29N5O2/c1-22-9-8-10-23(17-22)20-34-21-32-29-27(30(34)37)19-33-35(29)16-15-31-28(36)18-26(24-11-4-2-5-12-24)25-13-6-3-7-14-25/h2-14,17,19,21,26H,15-16,18,20H2,1H3,(H,31,36). The first-order chi connectivity index (χ1) is 18.1. The largest absolute Gasteiger partial charge is 0.354 e. The van der Waals surface area contributed by atoms with Crippen molar-refractivity contribution in [3.8, 4) is 0 Å². The number of hydrogen-bond acceptors (Lipinski definition) is 4. The second kappa shape index (κ2) is 11.0. The predicted molar refractivity (Wildman–Crippen MR) is 144 cm³/mol. The molecule has 7 heteroatoms. The molecule has 0 saturated carbocycles. The average molecular weight is 492 g/mol. The van der Waals surface area contributed by atoms with Gasteiger partial charge in [-0.3, -0.25) is 14.2 Å². The van der Waals surface area contributed by atoms with Gasteiger partial charge in [-0.2, -0.15) is 5.10 Å². The zero-order valence-corrected chi connectivity index (χ0v) is 20.7. The number of rotatable bonds is 9. The maximum atomic E-state index is 13.0. The van der Waals surface area contributed by atoms with E-state index in [1.165, 1.54) is 0 Å². The maximum absolute atomic E-state index is 13.0. The summed E-state index contributed by atoms with van der Waals surface area (Å²) in [5, 5.41) is 7.84. The van der Waals surface area contributed by atoms with Crippen molar-refractivity contribution in [1.29, 1.82) is 0 Å². The molecule has 3 aromatic carbocycles. The highest BCUT2D eigenvalue weighted by Crippen LogP contribution is 2.27. The van der Waals surface area contributed by atoms with E-state index in [-0.39, 0.29) is 17.4 Å². The number of hydrogen-bond donors (Lipinski definition) is 1. The number of carbonyl (C=O) groups is 1. The van der Waals surface area contributed by atoms with Gasteiger partial charge in [0.15, 0.2) is 5.65 Å². The highest BCUT2D eigenvalue weighted by Gasteiger charge is 2.18. The van der Waals surface area contributed by atoms with E-state index in [9.17, 15) is 9.59 Å². The molecule has 0 atom stereocenters. The average Bonchev–Trinajstić information content (AvgIpc) is 3.33. The minimum atomic E-state index is -0.129. The molecule has 0 spiro atoms. The van der Waals surface area contributed by atoms with Gasteiger partial charge in [-0.1, -0.05) is 90.5 Å². The van der Waals surface area contributed by atoms with Crippen LogP contribution in [-0.2, 0) is 17.9 Å². The van der Waals surface area contributed by atoms with Crippen molar-refractivity contribution in [2.75, 3.05) is 6.54 Å². The molecular formula is C30H29N5O2.